The summed E-state index contributed by atoms with van der Waals surface area (Å²) in [5.41, 5.74) is -1.92. The van der Waals surface area contributed by atoms with Crippen molar-refractivity contribution < 1.29 is 14.0 Å². The molecule has 0 saturated heterocycles. The molecule has 0 radical (unpaired) electrons. The molecule has 0 atom stereocenters. The molecule has 0 amide bonds. The largest absolute Gasteiger partial charge is 0.290 e. The molecule has 0 bridgehead atoms. The molecule has 68 valence electrons. The second-order valence-corrected chi connectivity index (χ2v) is 2.69. The van der Waals surface area contributed by atoms with Gasteiger partial charge in [0.25, 0.3) is 11.4 Å². The Kier molecular flexibility index (Phi) is 1.61. The lowest BCUT2D eigenvalue weighted by Crippen LogP contribution is -1.92. The van der Waals surface area contributed by atoms with Crippen molar-refractivity contribution in [3.05, 3.63) is 42.8 Å². The highest BCUT2D eigenvalue weighted by molar-refractivity contribution is 9.10. The molecule has 0 saturated carbocycles. The van der Waals surface area contributed by atoms with Gasteiger partial charge in [0.05, 0.1) is 24.5 Å². The van der Waals surface area contributed by atoms with Gasteiger partial charge >= 0.3 is 0 Å². The van der Waals surface area contributed by atoms with Crippen LogP contribution in [0.5, 0.6) is 0 Å². The molecule has 7 heteroatoms. The Bertz CT molecular complexity index is 466. The molecular formula is C6H3BrN2O4. The lowest BCUT2D eigenvalue weighted by atomic mass is 10.3. The highest BCUT2D eigenvalue weighted by Crippen LogP contribution is 2.28. The van der Waals surface area contributed by atoms with Crippen molar-refractivity contribution in [1.29, 1.82) is 0 Å². The summed E-state index contributed by atoms with van der Waals surface area (Å²) >= 11 is 2.67. The van der Waals surface area contributed by atoms with Crippen molar-refractivity contribution in [2.45, 2.75) is 0 Å². The van der Waals surface area contributed by atoms with Crippen molar-refractivity contribution >= 4 is 27.3 Å². The van der Waals surface area contributed by atoms with Crippen LogP contribution in [0.25, 0.3) is 0 Å². The van der Waals surface area contributed by atoms with Crippen LogP contribution < -0.4 is 0 Å². The van der Waals surface area contributed by atoms with E-state index in [-0.39, 0.29) is 0 Å². The van der Waals surface area contributed by atoms with Gasteiger partial charge in [-0.15, -0.1) is 0 Å². The first kappa shape index (κ1) is 6.03. The highest BCUT2D eigenvalue weighted by atomic mass is 79.9. The zero-order chi connectivity index (χ0) is 12.6. The number of benzene rings is 1. The molecule has 1 aromatic rings. The fourth-order valence-electron chi connectivity index (χ4n) is 0.589. The maximum Gasteiger partial charge on any atom is 0.290 e. The Morgan fingerprint density at radius 3 is 2.38 bits per heavy atom. The normalized spacial score (nSPS) is 12.8. The number of hydrogen-bond donors (Lipinski definition) is 0. The van der Waals surface area contributed by atoms with Crippen LogP contribution >= 0.6 is 15.9 Å². The van der Waals surface area contributed by atoms with Gasteiger partial charge in [-0.25, -0.2) is 0 Å². The van der Waals surface area contributed by atoms with Gasteiger partial charge in [-0.1, -0.05) is 0 Å². The number of hydrogen-bond acceptors (Lipinski definition) is 4. The predicted octanol–water partition coefficient (Wildman–Crippen LogP) is 2.27. The molecular weight excluding hydrogens is 244 g/mol. The summed E-state index contributed by atoms with van der Waals surface area (Å²) in [5, 5.41) is 21.1. The topological polar surface area (TPSA) is 86.3 Å². The van der Waals surface area contributed by atoms with Crippen molar-refractivity contribution in [3.8, 4) is 0 Å². The van der Waals surface area contributed by atoms with E-state index >= 15 is 0 Å². The van der Waals surface area contributed by atoms with Crippen LogP contribution in [-0.4, -0.2) is 9.85 Å². The van der Waals surface area contributed by atoms with E-state index in [0.29, 0.717) is 0 Å². The first-order valence-electron chi connectivity index (χ1n) is 4.37. The zero-order valence-corrected chi connectivity index (χ0v) is 7.49. The maximum atomic E-state index is 10.6. The van der Waals surface area contributed by atoms with Gasteiger partial charge in [0, 0.05) is 6.04 Å². The highest BCUT2D eigenvalue weighted by Gasteiger charge is 2.17. The van der Waals surface area contributed by atoms with E-state index in [4.69, 9.17) is 4.11 Å². The summed E-state index contributed by atoms with van der Waals surface area (Å²) in [6.07, 6.45) is 0. The zero-order valence-electron chi connectivity index (χ0n) is 8.91. The Balaban J connectivity index is 3.80. The molecule has 0 N–H and O–H groups in total. The quantitative estimate of drug-likeness (QED) is 0.594. The first-order valence-corrected chi connectivity index (χ1v) is 3.66. The summed E-state index contributed by atoms with van der Waals surface area (Å²) in [5.74, 6) is 0. The number of nitrogens with zero attached hydrogens (tertiary/aromatic N) is 2. The van der Waals surface area contributed by atoms with Crippen LogP contribution in [-0.2, 0) is 0 Å². The van der Waals surface area contributed by atoms with Crippen molar-refractivity contribution in [2.75, 3.05) is 0 Å². The van der Waals surface area contributed by atoms with Crippen molar-refractivity contribution in [3.63, 3.8) is 0 Å². The van der Waals surface area contributed by atoms with Crippen LogP contribution in [0.3, 0.4) is 0 Å². The van der Waals surface area contributed by atoms with Crippen LogP contribution in [0.4, 0.5) is 11.4 Å². The lowest BCUT2D eigenvalue weighted by Gasteiger charge is -1.94. The van der Waals surface area contributed by atoms with E-state index in [0.717, 1.165) is 0 Å². The molecule has 0 unspecified atom stereocenters. The number of nitro groups is 2. The SMILES string of the molecule is [2H]c1c([2H])c([N+](=O)[O-])c([2H])c([N+](=O)[O-])c1Br. The molecule has 1 rings (SSSR count). The smallest absolute Gasteiger partial charge is 0.258 e. The monoisotopic (exact) mass is 249 g/mol. The van der Waals surface area contributed by atoms with Gasteiger partial charge in [0.15, 0.2) is 0 Å². The minimum Gasteiger partial charge on any atom is -0.258 e. The average Bonchev–Trinajstić information content (AvgIpc) is 2.13. The fourth-order valence-corrected chi connectivity index (χ4v) is 0.932. The van der Waals surface area contributed by atoms with E-state index < -0.39 is 43.8 Å². The minimum absolute atomic E-state index is 0.405. The Morgan fingerprint density at radius 1 is 1.31 bits per heavy atom. The minimum atomic E-state index is -1.08. The number of nitro benzene ring substituents is 2. The van der Waals surface area contributed by atoms with Crippen LogP contribution in [0.15, 0.2) is 22.6 Å². The number of rotatable bonds is 2. The molecule has 13 heavy (non-hydrogen) atoms. The Hall–Kier alpha value is -1.50. The van der Waals surface area contributed by atoms with Gasteiger partial charge in [-0.05, 0) is 22.0 Å². The van der Waals surface area contributed by atoms with E-state index in [1.54, 1.807) is 0 Å². The molecule has 0 aliphatic rings. The Labute approximate surface area is 84.8 Å². The summed E-state index contributed by atoms with van der Waals surface area (Å²) in [4.78, 5) is 19.0. The summed E-state index contributed by atoms with van der Waals surface area (Å²) in [6.45, 7) is 0. The summed E-state index contributed by atoms with van der Waals surface area (Å²) < 4.78 is 21.4. The summed E-state index contributed by atoms with van der Waals surface area (Å²) in [6, 6.07) is -2.50. The molecule has 0 aromatic heterocycles. The van der Waals surface area contributed by atoms with E-state index in [9.17, 15) is 20.2 Å². The third kappa shape index (κ3) is 2.00. The molecule has 0 fully saturated rings. The van der Waals surface area contributed by atoms with Crippen molar-refractivity contribution in [1.82, 2.24) is 0 Å². The average molecular weight is 250 g/mol. The molecule has 0 aliphatic heterocycles. The molecule has 0 heterocycles. The molecule has 0 aliphatic carbocycles. The van der Waals surface area contributed by atoms with Gasteiger partial charge < -0.3 is 0 Å². The van der Waals surface area contributed by atoms with Gasteiger partial charge in [-0.3, -0.25) is 20.2 Å². The van der Waals surface area contributed by atoms with Gasteiger partial charge in [0.2, 0.25) is 0 Å². The standard InChI is InChI=1S/C6H3BrN2O4/c7-5-2-1-4(8(10)11)3-6(5)9(12)13/h1-3H/i1D,2D,3D. The molecule has 6 nitrogen and oxygen atoms in total. The van der Waals surface area contributed by atoms with Crippen LogP contribution in [0.2, 0.25) is 0 Å². The molecule has 0 spiro atoms. The maximum absolute atomic E-state index is 10.6. The van der Waals surface area contributed by atoms with Crippen molar-refractivity contribution in [2.24, 2.45) is 0 Å². The second-order valence-electron chi connectivity index (χ2n) is 1.90. The van der Waals surface area contributed by atoms with Gasteiger partial charge in [0.1, 0.15) is 0 Å². The van der Waals surface area contributed by atoms with Crippen LogP contribution in [0, 0.1) is 20.2 Å². The third-order valence-corrected chi connectivity index (χ3v) is 1.67. The third-order valence-electron chi connectivity index (χ3n) is 1.10. The lowest BCUT2D eigenvalue weighted by molar-refractivity contribution is -0.394. The van der Waals surface area contributed by atoms with E-state index in [1.807, 2.05) is 0 Å². The predicted molar refractivity (Wildman–Crippen MR) is 47.5 cm³/mol. The Morgan fingerprint density at radius 2 is 1.92 bits per heavy atom. The van der Waals surface area contributed by atoms with Crippen LogP contribution in [0.1, 0.15) is 4.11 Å². The fraction of sp³-hybridized carbons (Fsp3) is 0. The van der Waals surface area contributed by atoms with E-state index in [2.05, 4.69) is 15.9 Å². The number of halogens is 1. The first-order chi connectivity index (χ1) is 7.29. The second kappa shape index (κ2) is 3.48. The van der Waals surface area contributed by atoms with E-state index in [1.165, 1.54) is 0 Å². The van der Waals surface area contributed by atoms with Gasteiger partial charge in [-0.2, -0.15) is 0 Å². The summed E-state index contributed by atoms with van der Waals surface area (Å²) in [7, 11) is 0. The molecule has 1 aromatic carbocycles.